The summed E-state index contributed by atoms with van der Waals surface area (Å²) in [6.07, 6.45) is 0.853. The number of rotatable bonds is 6. The molecule has 3 heterocycles. The average molecular weight is 626 g/mol. The van der Waals surface area contributed by atoms with Crippen LogP contribution < -0.4 is 10.2 Å². The minimum Gasteiger partial charge on any atom is -0.320 e. The lowest BCUT2D eigenvalue weighted by Crippen LogP contribution is -2.26. The van der Waals surface area contributed by atoms with Gasteiger partial charge in [0.25, 0.3) is 0 Å². The second-order valence-corrected chi connectivity index (χ2v) is 11.5. The molecule has 0 radical (unpaired) electrons. The molecule has 1 N–H and O–H groups in total. The van der Waals surface area contributed by atoms with Crippen LogP contribution in [0.4, 0.5) is 29.3 Å². The summed E-state index contributed by atoms with van der Waals surface area (Å²) >= 11 is 7.55. The molecule has 0 bridgehead atoms. The Morgan fingerprint density at radius 3 is 2.58 bits per heavy atom. The first-order valence-electron chi connectivity index (χ1n) is 13.3. The van der Waals surface area contributed by atoms with Gasteiger partial charge in [-0.05, 0) is 59.9 Å². The van der Waals surface area contributed by atoms with Crippen molar-refractivity contribution < 1.29 is 18.0 Å². The maximum atomic E-state index is 12.9. The normalized spacial score (nSPS) is 14.8. The minimum atomic E-state index is -4.55. The van der Waals surface area contributed by atoms with Gasteiger partial charge < -0.3 is 10.2 Å². The van der Waals surface area contributed by atoms with Crippen LogP contribution in [-0.4, -0.2) is 43.2 Å². The van der Waals surface area contributed by atoms with Crippen LogP contribution in [-0.2, 0) is 6.18 Å². The molecule has 1 aliphatic heterocycles. The zero-order chi connectivity index (χ0) is 30.7. The van der Waals surface area contributed by atoms with E-state index >= 15 is 0 Å². The number of pyridine rings is 1. The van der Waals surface area contributed by atoms with Crippen molar-refractivity contribution in [2.75, 3.05) is 22.5 Å². The first-order valence-corrected chi connectivity index (χ1v) is 14.7. The Morgan fingerprint density at radius 1 is 1.12 bits per heavy atom. The van der Waals surface area contributed by atoms with Crippen LogP contribution in [0, 0.1) is 6.92 Å². The van der Waals surface area contributed by atoms with Crippen molar-refractivity contribution in [2.24, 2.45) is 4.99 Å². The number of benzene rings is 2. The smallest absolute Gasteiger partial charge is 0.320 e. The van der Waals surface area contributed by atoms with Crippen molar-refractivity contribution in [3.05, 3.63) is 94.2 Å². The van der Waals surface area contributed by atoms with Gasteiger partial charge in [-0.2, -0.15) is 18.2 Å². The number of carbonyl (C=O) groups excluding carboxylic acids is 1. The summed E-state index contributed by atoms with van der Waals surface area (Å²) in [6, 6.07) is 13.8. The van der Waals surface area contributed by atoms with Crippen LogP contribution in [0.25, 0.3) is 18.0 Å². The number of aromatic nitrogens is 4. The molecule has 2 aromatic carbocycles. The first-order chi connectivity index (χ1) is 20.5. The fourth-order valence-electron chi connectivity index (χ4n) is 4.39. The van der Waals surface area contributed by atoms with Crippen LogP contribution >= 0.6 is 23.4 Å². The van der Waals surface area contributed by atoms with Gasteiger partial charge in [0.05, 0.1) is 10.6 Å². The molecule has 4 aromatic rings. The summed E-state index contributed by atoms with van der Waals surface area (Å²) < 4.78 is 39.9. The van der Waals surface area contributed by atoms with Gasteiger partial charge in [0.2, 0.25) is 0 Å². The van der Waals surface area contributed by atoms with E-state index in [1.165, 1.54) is 16.6 Å². The molecule has 0 spiro atoms. The van der Waals surface area contributed by atoms with Crippen molar-refractivity contribution in [1.82, 2.24) is 19.7 Å². The number of aliphatic imine (C=N–C) groups is 1. The highest BCUT2D eigenvalue weighted by Crippen LogP contribution is 2.34. The number of urea groups is 1. The molecule has 1 saturated heterocycles. The Labute approximate surface area is 255 Å². The first kappa shape index (κ1) is 30.3. The van der Waals surface area contributed by atoms with Crippen LogP contribution in [0.15, 0.2) is 66.0 Å². The number of nitrogens with zero attached hydrogens (tertiary/aromatic N) is 6. The fourth-order valence-corrected chi connectivity index (χ4v) is 5.59. The second-order valence-electron chi connectivity index (χ2n) is 10.1. The lowest BCUT2D eigenvalue weighted by atomic mass is 9.99. The quantitative estimate of drug-likeness (QED) is 0.233. The predicted octanol–water partition coefficient (Wildman–Crippen LogP) is 8.08. The van der Waals surface area contributed by atoms with Gasteiger partial charge in [-0.3, -0.25) is 0 Å². The van der Waals surface area contributed by atoms with Gasteiger partial charge in [-0.15, -0.1) is 5.10 Å². The zero-order valence-corrected chi connectivity index (χ0v) is 25.0. The number of hydrogen-bond acceptors (Lipinski definition) is 5. The number of amides is 2. The van der Waals surface area contributed by atoms with Gasteiger partial charge in [0.15, 0.2) is 16.8 Å². The second kappa shape index (κ2) is 12.6. The van der Waals surface area contributed by atoms with Gasteiger partial charge in [0.1, 0.15) is 6.33 Å². The monoisotopic (exact) mass is 625 g/mol. The van der Waals surface area contributed by atoms with Crippen LogP contribution in [0.2, 0.25) is 5.02 Å². The predicted molar refractivity (Wildman–Crippen MR) is 166 cm³/mol. The number of thioether (sulfide) groups is 1. The van der Waals surface area contributed by atoms with E-state index in [1.54, 1.807) is 36.0 Å². The highest BCUT2D eigenvalue weighted by Gasteiger charge is 2.32. The van der Waals surface area contributed by atoms with Crippen LogP contribution in [0.3, 0.4) is 0 Å². The Balaban J connectivity index is 1.23. The molecule has 8 nitrogen and oxygen atoms in total. The third-order valence-corrected chi connectivity index (χ3v) is 7.77. The number of halogens is 4. The number of amidine groups is 1. The summed E-state index contributed by atoms with van der Waals surface area (Å²) in [5.74, 6) is 1.52. The van der Waals surface area contributed by atoms with E-state index in [9.17, 15) is 18.0 Å². The third kappa shape index (κ3) is 7.26. The molecule has 0 aliphatic carbocycles. The van der Waals surface area contributed by atoms with E-state index in [1.807, 2.05) is 12.1 Å². The van der Waals surface area contributed by atoms with Crippen molar-refractivity contribution in [1.29, 1.82) is 0 Å². The molecule has 222 valence electrons. The van der Waals surface area contributed by atoms with Gasteiger partial charge in [-0.25, -0.2) is 19.4 Å². The molecule has 0 unspecified atom stereocenters. The Morgan fingerprint density at radius 2 is 1.88 bits per heavy atom. The summed E-state index contributed by atoms with van der Waals surface area (Å²) in [4.78, 5) is 27.2. The van der Waals surface area contributed by atoms with Gasteiger partial charge in [0, 0.05) is 29.9 Å². The SMILES string of the molecule is Cc1ccc(C(C)C)c(N2CCSC2=NC(=O)Nc2ccc(/C=C/c3ncn(-c4ncc(C(F)(F)F)cc4Cl)n3)cc2)c1. The third-order valence-electron chi connectivity index (χ3n) is 6.54. The van der Waals surface area contributed by atoms with Crippen molar-refractivity contribution >= 4 is 58.1 Å². The van der Waals surface area contributed by atoms with E-state index in [2.05, 4.69) is 69.2 Å². The van der Waals surface area contributed by atoms with E-state index in [0.717, 1.165) is 35.2 Å². The lowest BCUT2D eigenvalue weighted by molar-refractivity contribution is -0.137. The molecule has 1 aliphatic rings. The van der Waals surface area contributed by atoms with Crippen molar-refractivity contribution in [3.8, 4) is 5.82 Å². The molecule has 1 fully saturated rings. The summed E-state index contributed by atoms with van der Waals surface area (Å²) in [6.45, 7) is 7.14. The summed E-state index contributed by atoms with van der Waals surface area (Å²) in [5.41, 5.74) is 3.90. The number of carbonyl (C=O) groups is 1. The van der Waals surface area contributed by atoms with E-state index in [0.29, 0.717) is 28.8 Å². The average Bonchev–Trinajstić information content (AvgIpc) is 3.61. The maximum Gasteiger partial charge on any atom is 0.417 e. The van der Waals surface area contributed by atoms with Gasteiger partial charge >= 0.3 is 12.2 Å². The largest absolute Gasteiger partial charge is 0.417 e. The molecule has 0 saturated carbocycles. The minimum absolute atomic E-state index is 0.0313. The summed E-state index contributed by atoms with van der Waals surface area (Å²) in [7, 11) is 0. The van der Waals surface area contributed by atoms with Crippen molar-refractivity contribution in [3.63, 3.8) is 0 Å². The van der Waals surface area contributed by atoms with Crippen LogP contribution in [0.1, 0.15) is 47.8 Å². The number of nitrogens with one attached hydrogen (secondary N) is 1. The molecular formula is C30H27ClF3N7OS. The highest BCUT2D eigenvalue weighted by atomic mass is 35.5. The molecule has 43 heavy (non-hydrogen) atoms. The number of aryl methyl sites for hydroxylation is 1. The van der Waals surface area contributed by atoms with E-state index in [4.69, 9.17) is 11.6 Å². The number of anilines is 2. The van der Waals surface area contributed by atoms with E-state index in [-0.39, 0.29) is 10.8 Å². The summed E-state index contributed by atoms with van der Waals surface area (Å²) in [5, 5.41) is 7.51. The number of alkyl halides is 3. The Kier molecular flexibility index (Phi) is 8.88. The lowest BCUT2D eigenvalue weighted by Gasteiger charge is -2.23. The zero-order valence-electron chi connectivity index (χ0n) is 23.4. The highest BCUT2D eigenvalue weighted by molar-refractivity contribution is 8.14. The standard InChI is InChI=1S/C30H27ClF3N7OS/c1-18(2)23-10-4-19(3)14-25(23)40-12-13-43-29(40)38-28(42)37-22-8-5-20(6-9-22)7-11-26-36-17-41(39-26)27-24(31)15-21(16-35-27)30(32,33)34/h4-11,14-18H,12-13H2,1-3H3,(H,37,42)/b11-7+,38-29?. The van der Waals surface area contributed by atoms with Gasteiger partial charge in [-0.1, -0.05) is 67.6 Å². The molecule has 13 heteroatoms. The molecule has 2 amide bonds. The molecular weight excluding hydrogens is 599 g/mol. The Hall–Kier alpha value is -4.16. The van der Waals surface area contributed by atoms with Crippen molar-refractivity contribution in [2.45, 2.75) is 32.9 Å². The maximum absolute atomic E-state index is 12.9. The Bertz CT molecular complexity index is 1700. The van der Waals surface area contributed by atoms with Crippen LogP contribution in [0.5, 0.6) is 0 Å². The molecule has 0 atom stereocenters. The molecule has 2 aromatic heterocycles. The molecule has 5 rings (SSSR count). The fraction of sp³-hybridized carbons (Fsp3) is 0.233. The topological polar surface area (TPSA) is 88.3 Å². The van der Waals surface area contributed by atoms with E-state index < -0.39 is 17.8 Å². The number of hydrogen-bond donors (Lipinski definition) is 1.